The predicted octanol–water partition coefficient (Wildman–Crippen LogP) is 0.787. The van der Waals surface area contributed by atoms with E-state index in [0.29, 0.717) is 11.3 Å². The minimum absolute atomic E-state index is 0.125. The summed E-state index contributed by atoms with van der Waals surface area (Å²) in [5.74, 6) is -0.348. The van der Waals surface area contributed by atoms with Crippen LogP contribution in [-0.4, -0.2) is 47.0 Å². The molecule has 0 spiro atoms. The molecular weight excluding hydrogens is 314 g/mol. The van der Waals surface area contributed by atoms with Gasteiger partial charge in [-0.3, -0.25) is 0 Å². The van der Waals surface area contributed by atoms with E-state index >= 15 is 0 Å². The summed E-state index contributed by atoms with van der Waals surface area (Å²) in [6, 6.07) is 8.55. The van der Waals surface area contributed by atoms with Gasteiger partial charge in [0.2, 0.25) is 0 Å². The highest BCUT2D eigenvalue weighted by atomic mass is 32.2. The SMILES string of the molecule is CS(=O)(=O)CCS(=O)(=O)CCCOc1cccc(C#N)c1. The summed E-state index contributed by atoms with van der Waals surface area (Å²) in [5, 5.41) is 8.73. The second-order valence-corrected chi connectivity index (χ2v) is 9.19. The Morgan fingerprint density at radius 3 is 2.48 bits per heavy atom. The molecule has 0 saturated carbocycles. The van der Waals surface area contributed by atoms with Crippen molar-refractivity contribution in [2.45, 2.75) is 6.42 Å². The van der Waals surface area contributed by atoms with E-state index in [9.17, 15) is 16.8 Å². The summed E-state index contributed by atoms with van der Waals surface area (Å²) in [5.41, 5.74) is 0.466. The highest BCUT2D eigenvalue weighted by Crippen LogP contribution is 2.12. The molecule has 21 heavy (non-hydrogen) atoms. The van der Waals surface area contributed by atoms with E-state index in [4.69, 9.17) is 10.00 Å². The third kappa shape index (κ3) is 7.68. The Morgan fingerprint density at radius 2 is 1.86 bits per heavy atom. The maximum atomic E-state index is 11.6. The van der Waals surface area contributed by atoms with Gasteiger partial charge in [0, 0.05) is 6.26 Å². The Labute approximate surface area is 125 Å². The van der Waals surface area contributed by atoms with Gasteiger partial charge in [-0.05, 0) is 24.6 Å². The molecule has 0 aromatic heterocycles. The van der Waals surface area contributed by atoms with Gasteiger partial charge in [0.1, 0.15) is 15.6 Å². The smallest absolute Gasteiger partial charge is 0.151 e. The van der Waals surface area contributed by atoms with Crippen LogP contribution < -0.4 is 4.74 Å². The van der Waals surface area contributed by atoms with Crippen LogP contribution in [0, 0.1) is 11.3 Å². The normalized spacial score (nSPS) is 11.8. The number of ether oxygens (including phenoxy) is 1. The van der Waals surface area contributed by atoms with E-state index in [1.54, 1.807) is 24.3 Å². The van der Waals surface area contributed by atoms with Crippen molar-refractivity contribution in [1.29, 1.82) is 5.26 Å². The van der Waals surface area contributed by atoms with E-state index in [1.165, 1.54) is 0 Å². The van der Waals surface area contributed by atoms with Crippen LogP contribution in [0.25, 0.3) is 0 Å². The van der Waals surface area contributed by atoms with Gasteiger partial charge in [-0.25, -0.2) is 16.8 Å². The minimum atomic E-state index is -3.39. The lowest BCUT2D eigenvalue weighted by Gasteiger charge is -2.07. The second kappa shape index (κ2) is 7.43. The average molecular weight is 331 g/mol. The summed E-state index contributed by atoms with van der Waals surface area (Å²) in [6.45, 7) is 0.187. The molecule has 116 valence electrons. The second-order valence-electron chi connectivity index (χ2n) is 4.62. The molecule has 8 heteroatoms. The number of nitriles is 1. The summed E-state index contributed by atoms with van der Waals surface area (Å²) in [4.78, 5) is 0. The first-order valence-corrected chi connectivity index (χ1v) is 10.1. The standard InChI is InChI=1S/C13H17NO5S2/c1-20(15,16)8-9-21(17,18)7-3-6-19-13-5-2-4-12(10-13)11-14/h2,4-5,10H,3,6-9H2,1H3. The highest BCUT2D eigenvalue weighted by molar-refractivity contribution is 7.94. The fourth-order valence-electron chi connectivity index (χ4n) is 1.50. The Bertz CT molecular complexity index is 717. The van der Waals surface area contributed by atoms with Gasteiger partial charge < -0.3 is 4.74 Å². The highest BCUT2D eigenvalue weighted by Gasteiger charge is 2.14. The molecule has 0 bridgehead atoms. The van der Waals surface area contributed by atoms with Crippen LogP contribution in [0.1, 0.15) is 12.0 Å². The van der Waals surface area contributed by atoms with Gasteiger partial charge in [-0.1, -0.05) is 6.07 Å². The van der Waals surface area contributed by atoms with Gasteiger partial charge in [-0.2, -0.15) is 5.26 Å². The molecule has 0 radical (unpaired) electrons. The molecular formula is C13H17NO5S2. The van der Waals surface area contributed by atoms with Gasteiger partial charge in [0.15, 0.2) is 9.84 Å². The molecule has 0 unspecified atom stereocenters. The largest absolute Gasteiger partial charge is 0.494 e. The van der Waals surface area contributed by atoms with E-state index in [-0.39, 0.29) is 30.3 Å². The van der Waals surface area contributed by atoms with E-state index in [2.05, 4.69) is 0 Å². The van der Waals surface area contributed by atoms with Crippen LogP contribution in [0.3, 0.4) is 0 Å². The topological polar surface area (TPSA) is 101 Å². The lowest BCUT2D eigenvalue weighted by atomic mass is 10.2. The van der Waals surface area contributed by atoms with Crippen LogP contribution in [0.5, 0.6) is 5.75 Å². The molecule has 0 atom stereocenters. The zero-order valence-corrected chi connectivity index (χ0v) is 13.3. The molecule has 1 aromatic carbocycles. The number of sulfone groups is 2. The van der Waals surface area contributed by atoms with Gasteiger partial charge in [-0.15, -0.1) is 0 Å². The first-order chi connectivity index (χ1) is 9.72. The monoisotopic (exact) mass is 331 g/mol. The summed E-state index contributed by atoms with van der Waals surface area (Å²) < 4.78 is 50.5. The lowest BCUT2D eigenvalue weighted by Crippen LogP contribution is -2.19. The van der Waals surface area contributed by atoms with Crippen molar-refractivity contribution in [3.63, 3.8) is 0 Å². The molecule has 0 fully saturated rings. The zero-order chi connectivity index (χ0) is 15.9. The number of benzene rings is 1. The molecule has 6 nitrogen and oxygen atoms in total. The Morgan fingerprint density at radius 1 is 1.14 bits per heavy atom. The van der Waals surface area contributed by atoms with Crippen molar-refractivity contribution in [1.82, 2.24) is 0 Å². The van der Waals surface area contributed by atoms with E-state index < -0.39 is 19.7 Å². The maximum Gasteiger partial charge on any atom is 0.151 e. The third-order valence-corrected chi connectivity index (χ3v) is 5.54. The zero-order valence-electron chi connectivity index (χ0n) is 11.6. The fraction of sp³-hybridized carbons (Fsp3) is 0.462. The summed E-state index contributed by atoms with van der Waals surface area (Å²) in [7, 11) is -6.67. The first-order valence-electron chi connectivity index (χ1n) is 6.23. The van der Waals surface area contributed by atoms with Crippen molar-refractivity contribution < 1.29 is 21.6 Å². The molecule has 0 amide bonds. The Hall–Kier alpha value is -1.59. The summed E-state index contributed by atoms with van der Waals surface area (Å²) in [6.07, 6.45) is 1.27. The van der Waals surface area contributed by atoms with Crippen LogP contribution in [0.4, 0.5) is 0 Å². The van der Waals surface area contributed by atoms with Crippen LogP contribution in [0.2, 0.25) is 0 Å². The van der Waals surface area contributed by atoms with Gasteiger partial charge in [0.25, 0.3) is 0 Å². The van der Waals surface area contributed by atoms with Crippen LogP contribution in [0.15, 0.2) is 24.3 Å². The van der Waals surface area contributed by atoms with Crippen molar-refractivity contribution in [2.75, 3.05) is 30.1 Å². The average Bonchev–Trinajstić information content (AvgIpc) is 2.41. The molecule has 1 aromatic rings. The van der Waals surface area contributed by atoms with Crippen molar-refractivity contribution in [3.8, 4) is 11.8 Å². The minimum Gasteiger partial charge on any atom is -0.494 e. The molecule has 0 aliphatic rings. The van der Waals surface area contributed by atoms with Crippen molar-refractivity contribution in [3.05, 3.63) is 29.8 Å². The maximum absolute atomic E-state index is 11.6. The quantitative estimate of drug-likeness (QED) is 0.653. The van der Waals surface area contributed by atoms with Gasteiger partial charge in [0.05, 0.1) is 35.5 Å². The molecule has 0 heterocycles. The molecule has 1 rings (SSSR count). The van der Waals surface area contributed by atoms with Crippen molar-refractivity contribution in [2.24, 2.45) is 0 Å². The van der Waals surface area contributed by atoms with Crippen LogP contribution >= 0.6 is 0 Å². The van der Waals surface area contributed by atoms with Gasteiger partial charge >= 0.3 is 0 Å². The molecule has 0 saturated heterocycles. The van der Waals surface area contributed by atoms with Crippen LogP contribution in [-0.2, 0) is 19.7 Å². The lowest BCUT2D eigenvalue weighted by molar-refractivity contribution is 0.317. The van der Waals surface area contributed by atoms with E-state index in [0.717, 1.165) is 6.26 Å². The van der Waals surface area contributed by atoms with Crippen molar-refractivity contribution >= 4 is 19.7 Å². The predicted molar refractivity (Wildman–Crippen MR) is 79.6 cm³/mol. The molecule has 0 N–H and O–H groups in total. The third-order valence-electron chi connectivity index (χ3n) is 2.60. The Balaban J connectivity index is 2.38. The Kier molecular flexibility index (Phi) is 6.18. The summed E-state index contributed by atoms with van der Waals surface area (Å²) >= 11 is 0. The number of rotatable bonds is 8. The first kappa shape index (κ1) is 17.5. The number of nitrogens with zero attached hydrogens (tertiary/aromatic N) is 1. The van der Waals surface area contributed by atoms with E-state index in [1.807, 2.05) is 6.07 Å². The number of hydrogen-bond acceptors (Lipinski definition) is 6. The number of hydrogen-bond donors (Lipinski definition) is 0. The molecule has 0 aliphatic heterocycles. The molecule has 0 aliphatic carbocycles. The fourth-order valence-corrected chi connectivity index (χ4v) is 4.49.